The van der Waals surface area contributed by atoms with E-state index in [1.54, 1.807) is 6.07 Å². The van der Waals surface area contributed by atoms with Crippen molar-refractivity contribution in [3.8, 4) is 11.6 Å². The molecule has 0 aliphatic heterocycles. The highest BCUT2D eigenvalue weighted by Crippen LogP contribution is 2.34. The standard InChI is InChI=1S/C15H9BrN2O3/c16-11-8-13(18(19)20)15(17-9-11)21-14-7-3-5-10-4-1-2-6-12(10)14/h1-9H. The molecule has 5 nitrogen and oxygen atoms in total. The number of nitrogens with zero attached hydrogens (tertiary/aromatic N) is 2. The molecule has 21 heavy (non-hydrogen) atoms. The first-order valence-corrected chi connectivity index (χ1v) is 6.90. The van der Waals surface area contributed by atoms with Crippen molar-refractivity contribution in [2.75, 3.05) is 0 Å². The molecule has 0 aliphatic carbocycles. The van der Waals surface area contributed by atoms with Gasteiger partial charge >= 0.3 is 5.69 Å². The number of aromatic nitrogens is 1. The normalized spacial score (nSPS) is 10.5. The van der Waals surface area contributed by atoms with Crippen molar-refractivity contribution >= 4 is 32.4 Å². The molecule has 0 N–H and O–H groups in total. The molecule has 3 aromatic rings. The van der Waals surface area contributed by atoms with Crippen LogP contribution in [0.1, 0.15) is 0 Å². The maximum Gasteiger partial charge on any atom is 0.332 e. The van der Waals surface area contributed by atoms with Crippen molar-refractivity contribution in [1.29, 1.82) is 0 Å². The van der Waals surface area contributed by atoms with Gasteiger partial charge in [-0.05, 0) is 27.4 Å². The Hall–Kier alpha value is -2.47. The highest BCUT2D eigenvalue weighted by Gasteiger charge is 2.18. The summed E-state index contributed by atoms with van der Waals surface area (Å²) in [5.41, 5.74) is -0.183. The Labute approximate surface area is 128 Å². The van der Waals surface area contributed by atoms with Crippen molar-refractivity contribution in [2.45, 2.75) is 0 Å². The minimum Gasteiger partial charge on any atom is -0.433 e. The number of benzene rings is 2. The highest BCUT2D eigenvalue weighted by atomic mass is 79.9. The molecule has 6 heteroatoms. The molecule has 2 aromatic carbocycles. The second kappa shape index (κ2) is 5.49. The molecule has 0 amide bonds. The maximum atomic E-state index is 11.1. The van der Waals surface area contributed by atoms with Crippen LogP contribution in [0.2, 0.25) is 0 Å². The molecule has 1 aromatic heterocycles. The molecule has 0 bridgehead atoms. The molecule has 0 saturated carbocycles. The van der Waals surface area contributed by atoms with Crippen LogP contribution < -0.4 is 4.74 Å². The van der Waals surface area contributed by atoms with Crippen molar-refractivity contribution < 1.29 is 9.66 Å². The third-order valence-electron chi connectivity index (χ3n) is 2.95. The molecule has 0 spiro atoms. The van der Waals surface area contributed by atoms with Crippen molar-refractivity contribution in [3.05, 3.63) is 69.3 Å². The lowest BCUT2D eigenvalue weighted by Crippen LogP contribution is -1.96. The van der Waals surface area contributed by atoms with Gasteiger partial charge in [-0.3, -0.25) is 10.1 Å². The van der Waals surface area contributed by atoms with Crippen LogP contribution >= 0.6 is 15.9 Å². The van der Waals surface area contributed by atoms with E-state index in [2.05, 4.69) is 20.9 Å². The van der Waals surface area contributed by atoms with Crippen LogP contribution in [0.15, 0.2) is 59.2 Å². The Morgan fingerprint density at radius 3 is 2.71 bits per heavy atom. The SMILES string of the molecule is O=[N+]([O-])c1cc(Br)cnc1Oc1cccc2ccccc12. The molecule has 104 valence electrons. The second-order valence-electron chi connectivity index (χ2n) is 4.31. The van der Waals surface area contributed by atoms with Crippen molar-refractivity contribution in [2.24, 2.45) is 0 Å². The summed E-state index contributed by atoms with van der Waals surface area (Å²) in [6.45, 7) is 0. The number of hydrogen-bond acceptors (Lipinski definition) is 4. The lowest BCUT2D eigenvalue weighted by atomic mass is 10.1. The number of halogens is 1. The summed E-state index contributed by atoms with van der Waals surface area (Å²) in [7, 11) is 0. The fourth-order valence-electron chi connectivity index (χ4n) is 2.01. The molecule has 3 rings (SSSR count). The van der Waals surface area contributed by atoms with Crippen LogP contribution in [0.25, 0.3) is 10.8 Å². The number of ether oxygens (including phenoxy) is 1. The topological polar surface area (TPSA) is 65.3 Å². The molecular formula is C15H9BrN2O3. The van der Waals surface area contributed by atoms with E-state index in [9.17, 15) is 10.1 Å². The summed E-state index contributed by atoms with van der Waals surface area (Å²) < 4.78 is 6.19. The minimum atomic E-state index is -0.516. The lowest BCUT2D eigenvalue weighted by molar-refractivity contribution is -0.386. The van der Waals surface area contributed by atoms with Gasteiger partial charge in [0.05, 0.1) is 4.92 Å². The average Bonchev–Trinajstić information content (AvgIpc) is 2.49. The smallest absolute Gasteiger partial charge is 0.332 e. The van der Waals surface area contributed by atoms with E-state index < -0.39 is 4.92 Å². The molecule has 0 radical (unpaired) electrons. The Morgan fingerprint density at radius 2 is 1.90 bits per heavy atom. The van der Waals surface area contributed by atoms with Gasteiger partial charge in [0.15, 0.2) is 0 Å². The van der Waals surface area contributed by atoms with Crippen LogP contribution in [0.3, 0.4) is 0 Å². The molecule has 0 atom stereocenters. The van der Waals surface area contributed by atoms with E-state index in [1.807, 2.05) is 36.4 Å². The van der Waals surface area contributed by atoms with Crippen LogP contribution in [0.4, 0.5) is 5.69 Å². The van der Waals surface area contributed by atoms with Crippen molar-refractivity contribution in [3.63, 3.8) is 0 Å². The fourth-order valence-corrected chi connectivity index (χ4v) is 2.33. The van der Waals surface area contributed by atoms with E-state index in [4.69, 9.17) is 4.74 Å². The van der Waals surface area contributed by atoms with E-state index >= 15 is 0 Å². The number of hydrogen-bond donors (Lipinski definition) is 0. The van der Waals surface area contributed by atoms with Crippen LogP contribution in [-0.2, 0) is 0 Å². The Balaban J connectivity index is 2.09. The molecule has 0 saturated heterocycles. The van der Waals surface area contributed by atoms with Crippen molar-refractivity contribution in [1.82, 2.24) is 4.98 Å². The van der Waals surface area contributed by atoms with Gasteiger partial charge < -0.3 is 4.74 Å². The zero-order valence-electron chi connectivity index (χ0n) is 10.7. The maximum absolute atomic E-state index is 11.1. The molecule has 0 fully saturated rings. The monoisotopic (exact) mass is 344 g/mol. The summed E-state index contributed by atoms with van der Waals surface area (Å²) in [5, 5.41) is 13.0. The highest BCUT2D eigenvalue weighted by molar-refractivity contribution is 9.10. The van der Waals surface area contributed by atoms with Gasteiger partial charge in [0.2, 0.25) is 0 Å². The fraction of sp³-hybridized carbons (Fsp3) is 0. The predicted molar refractivity (Wildman–Crippen MR) is 82.6 cm³/mol. The minimum absolute atomic E-state index is 0.0282. The van der Waals surface area contributed by atoms with E-state index in [1.165, 1.54) is 12.3 Å². The third kappa shape index (κ3) is 2.71. The van der Waals surface area contributed by atoms with Gasteiger partial charge in [-0.1, -0.05) is 36.4 Å². The summed E-state index contributed by atoms with van der Waals surface area (Å²) in [6.07, 6.45) is 1.47. The van der Waals surface area contributed by atoms with E-state index in [0.29, 0.717) is 10.2 Å². The van der Waals surface area contributed by atoms with E-state index in [-0.39, 0.29) is 11.6 Å². The van der Waals surface area contributed by atoms with Gasteiger partial charge in [0.25, 0.3) is 5.88 Å². The molecule has 0 aliphatic rings. The summed E-state index contributed by atoms with van der Waals surface area (Å²) in [4.78, 5) is 14.6. The molecule has 0 unspecified atom stereocenters. The third-order valence-corrected chi connectivity index (χ3v) is 3.39. The lowest BCUT2D eigenvalue weighted by Gasteiger charge is -2.08. The Morgan fingerprint density at radius 1 is 1.14 bits per heavy atom. The molecular weight excluding hydrogens is 336 g/mol. The largest absolute Gasteiger partial charge is 0.433 e. The van der Waals surface area contributed by atoms with Crippen LogP contribution in [0.5, 0.6) is 11.6 Å². The van der Waals surface area contributed by atoms with Gasteiger partial charge in [-0.15, -0.1) is 0 Å². The molecule has 1 heterocycles. The zero-order chi connectivity index (χ0) is 14.8. The van der Waals surface area contributed by atoms with Gasteiger partial charge in [0.1, 0.15) is 5.75 Å². The second-order valence-corrected chi connectivity index (χ2v) is 5.23. The summed E-state index contributed by atoms with van der Waals surface area (Å²) in [5.74, 6) is 0.505. The number of nitro groups is 1. The first-order valence-electron chi connectivity index (χ1n) is 6.11. The van der Waals surface area contributed by atoms with E-state index in [0.717, 1.165) is 10.8 Å². The number of rotatable bonds is 3. The number of pyridine rings is 1. The van der Waals surface area contributed by atoms with Crippen LogP contribution in [-0.4, -0.2) is 9.91 Å². The number of fused-ring (bicyclic) bond motifs is 1. The quantitative estimate of drug-likeness (QED) is 0.510. The van der Waals surface area contributed by atoms with Gasteiger partial charge in [0, 0.05) is 22.1 Å². The summed E-state index contributed by atoms with van der Waals surface area (Å²) in [6, 6.07) is 14.6. The zero-order valence-corrected chi connectivity index (χ0v) is 12.3. The average molecular weight is 345 g/mol. The van der Waals surface area contributed by atoms with Gasteiger partial charge in [-0.2, -0.15) is 0 Å². The first kappa shape index (κ1) is 13.5. The van der Waals surface area contributed by atoms with Crippen LogP contribution in [0, 0.1) is 10.1 Å². The Bertz CT molecular complexity index is 831. The predicted octanol–water partition coefficient (Wildman–Crippen LogP) is 4.70. The van der Waals surface area contributed by atoms with Gasteiger partial charge in [-0.25, -0.2) is 4.98 Å². The Kier molecular flexibility index (Phi) is 3.53. The summed E-state index contributed by atoms with van der Waals surface area (Å²) >= 11 is 3.17. The first-order chi connectivity index (χ1) is 10.1.